The maximum absolute atomic E-state index is 13.9. The maximum atomic E-state index is 13.9. The number of fused-ring (bicyclic) bond motifs is 1. The van der Waals surface area contributed by atoms with Crippen LogP contribution in [0.5, 0.6) is 11.5 Å². The zero-order valence-corrected chi connectivity index (χ0v) is 19.2. The second-order valence-corrected chi connectivity index (χ2v) is 8.34. The van der Waals surface area contributed by atoms with Gasteiger partial charge in [0, 0.05) is 23.0 Å². The van der Waals surface area contributed by atoms with Crippen molar-refractivity contribution in [2.24, 2.45) is 0 Å². The highest BCUT2D eigenvalue weighted by atomic mass is 79.9. The van der Waals surface area contributed by atoms with Gasteiger partial charge in [-0.1, -0.05) is 28.1 Å². The van der Waals surface area contributed by atoms with E-state index >= 15 is 0 Å². The molecular weight excluding hydrogens is 505 g/mol. The van der Waals surface area contributed by atoms with Crippen molar-refractivity contribution in [3.63, 3.8) is 0 Å². The molecule has 0 fully saturated rings. The maximum Gasteiger partial charge on any atom is 0.410 e. The Morgan fingerprint density at radius 1 is 1.15 bits per heavy atom. The molecule has 33 heavy (non-hydrogen) atoms. The average molecular weight is 525 g/mol. The number of ether oxygens (including phenoxy) is 2. The summed E-state index contributed by atoms with van der Waals surface area (Å²) in [6.45, 7) is 0. The Morgan fingerprint density at radius 3 is 2.52 bits per heavy atom. The summed E-state index contributed by atoms with van der Waals surface area (Å²) in [6.07, 6.45) is -4.80. The Hall–Kier alpha value is -3.21. The topological polar surface area (TPSA) is 77.4 Å². The molecule has 2 heterocycles. The van der Waals surface area contributed by atoms with Crippen LogP contribution in [0.4, 0.5) is 24.7 Å². The summed E-state index contributed by atoms with van der Waals surface area (Å²) in [6, 6.07) is 10.7. The number of hydrogen-bond donors (Lipinski definition) is 2. The lowest BCUT2D eigenvalue weighted by Crippen LogP contribution is -2.35. The molecule has 0 aliphatic carbocycles. The van der Waals surface area contributed by atoms with Gasteiger partial charge in [0.2, 0.25) is 0 Å². The van der Waals surface area contributed by atoms with Gasteiger partial charge in [-0.3, -0.25) is 4.79 Å². The lowest BCUT2D eigenvalue weighted by atomic mass is 9.97. The highest BCUT2D eigenvalue weighted by molar-refractivity contribution is 9.10. The third-order valence-corrected chi connectivity index (χ3v) is 5.88. The fraction of sp³-hybridized carbons (Fsp3) is 0.273. The van der Waals surface area contributed by atoms with Crippen LogP contribution in [0.25, 0.3) is 0 Å². The summed E-state index contributed by atoms with van der Waals surface area (Å²) in [5.74, 6) is 0.318. The molecule has 1 aliphatic rings. The van der Waals surface area contributed by atoms with E-state index in [4.69, 9.17) is 9.47 Å². The monoisotopic (exact) mass is 524 g/mol. The molecule has 4 rings (SSSR count). The first kappa shape index (κ1) is 23.0. The molecule has 0 unspecified atom stereocenters. The number of carbonyl (C=O) groups is 1. The largest absolute Gasteiger partial charge is 0.497 e. The number of nitrogens with one attached hydrogen (secondary N) is 2. The molecule has 7 nitrogen and oxygen atoms in total. The SMILES string of the molecule is COc1ccc(NC(=O)c2cc3n(n2)[C@@H](C(F)(F)F)C[C@H](c2ccc(Br)cc2)N3)c(OC)c1. The standard InChI is InChI=1S/C22H20BrF3N4O3/c1-32-14-7-8-15(18(9-14)33-2)28-21(31)17-11-20-27-16(12-3-5-13(23)6-4-12)10-19(22(24,25)26)30(20)29-17/h3-9,11,16,19,27H,10H2,1-2H3,(H,28,31)/t16-,19-/m1/s1. The predicted octanol–water partition coefficient (Wildman–Crippen LogP) is 5.58. The number of anilines is 2. The highest BCUT2D eigenvalue weighted by Gasteiger charge is 2.46. The molecule has 2 atom stereocenters. The molecule has 11 heteroatoms. The molecular formula is C22H20BrF3N4O3. The number of carbonyl (C=O) groups excluding carboxylic acids is 1. The van der Waals surface area contributed by atoms with Crippen molar-refractivity contribution < 1.29 is 27.4 Å². The number of halogens is 4. The third-order valence-electron chi connectivity index (χ3n) is 5.35. The lowest BCUT2D eigenvalue weighted by molar-refractivity contribution is -0.173. The van der Waals surface area contributed by atoms with Gasteiger partial charge in [-0.25, -0.2) is 4.68 Å². The Morgan fingerprint density at radius 2 is 1.88 bits per heavy atom. The second-order valence-electron chi connectivity index (χ2n) is 7.42. The Kier molecular flexibility index (Phi) is 6.24. The number of nitrogens with zero attached hydrogens (tertiary/aromatic N) is 2. The van der Waals surface area contributed by atoms with Crippen LogP contribution in [0.1, 0.15) is 34.6 Å². The van der Waals surface area contributed by atoms with Crippen LogP contribution in [0, 0.1) is 0 Å². The second kappa shape index (κ2) is 8.97. The van der Waals surface area contributed by atoms with E-state index < -0.39 is 24.2 Å². The van der Waals surface area contributed by atoms with Crippen LogP contribution in [-0.4, -0.2) is 36.1 Å². The molecule has 0 bridgehead atoms. The molecule has 0 spiro atoms. The van der Waals surface area contributed by atoms with Crippen LogP contribution < -0.4 is 20.1 Å². The van der Waals surface area contributed by atoms with E-state index in [9.17, 15) is 18.0 Å². The van der Waals surface area contributed by atoms with Crippen LogP contribution in [0.3, 0.4) is 0 Å². The number of hydrogen-bond acceptors (Lipinski definition) is 5. The summed E-state index contributed by atoms with van der Waals surface area (Å²) in [5.41, 5.74) is 0.886. The fourth-order valence-electron chi connectivity index (χ4n) is 3.69. The van der Waals surface area contributed by atoms with E-state index in [0.717, 1.165) is 9.15 Å². The smallest absolute Gasteiger partial charge is 0.410 e. The molecule has 0 radical (unpaired) electrons. The van der Waals surface area contributed by atoms with Crippen molar-refractivity contribution in [2.45, 2.75) is 24.7 Å². The van der Waals surface area contributed by atoms with Gasteiger partial charge in [0.25, 0.3) is 5.91 Å². The van der Waals surface area contributed by atoms with E-state index in [0.29, 0.717) is 22.7 Å². The minimum atomic E-state index is -4.54. The van der Waals surface area contributed by atoms with Crippen LogP contribution in [0.2, 0.25) is 0 Å². The number of aromatic nitrogens is 2. The molecule has 0 saturated carbocycles. The molecule has 1 aromatic heterocycles. The number of amides is 1. The first-order valence-electron chi connectivity index (χ1n) is 9.91. The van der Waals surface area contributed by atoms with Crippen molar-refractivity contribution in [3.8, 4) is 11.5 Å². The van der Waals surface area contributed by atoms with E-state index in [2.05, 4.69) is 31.7 Å². The van der Waals surface area contributed by atoms with Crippen molar-refractivity contribution in [1.82, 2.24) is 9.78 Å². The summed E-state index contributed by atoms with van der Waals surface area (Å²) >= 11 is 3.33. The first-order valence-corrected chi connectivity index (χ1v) is 10.7. The summed E-state index contributed by atoms with van der Waals surface area (Å²) < 4.78 is 53.7. The number of benzene rings is 2. The van der Waals surface area contributed by atoms with Gasteiger partial charge in [0.05, 0.1) is 25.9 Å². The van der Waals surface area contributed by atoms with Gasteiger partial charge in [-0.2, -0.15) is 18.3 Å². The zero-order valence-electron chi connectivity index (χ0n) is 17.6. The number of methoxy groups -OCH3 is 2. The van der Waals surface area contributed by atoms with Gasteiger partial charge in [-0.05, 0) is 29.8 Å². The van der Waals surface area contributed by atoms with Crippen molar-refractivity contribution in [1.29, 1.82) is 0 Å². The quantitative estimate of drug-likeness (QED) is 0.455. The number of alkyl halides is 3. The Bertz CT molecular complexity index is 1160. The summed E-state index contributed by atoms with van der Waals surface area (Å²) in [7, 11) is 2.92. The average Bonchev–Trinajstić information content (AvgIpc) is 3.22. The molecule has 0 saturated heterocycles. The third kappa shape index (κ3) is 4.77. The van der Waals surface area contributed by atoms with Crippen LogP contribution in [-0.2, 0) is 0 Å². The minimum Gasteiger partial charge on any atom is -0.497 e. The molecule has 174 valence electrons. The Labute approximate surface area is 196 Å². The van der Waals surface area contributed by atoms with Crippen molar-refractivity contribution >= 4 is 33.3 Å². The number of rotatable bonds is 5. The van der Waals surface area contributed by atoms with Gasteiger partial charge in [0.1, 0.15) is 17.3 Å². The van der Waals surface area contributed by atoms with Crippen molar-refractivity contribution in [3.05, 3.63) is 64.3 Å². The zero-order chi connectivity index (χ0) is 23.8. The van der Waals surface area contributed by atoms with Gasteiger partial charge >= 0.3 is 6.18 Å². The Balaban J connectivity index is 1.63. The van der Waals surface area contributed by atoms with Gasteiger partial charge in [-0.15, -0.1) is 0 Å². The minimum absolute atomic E-state index is 0.114. The predicted molar refractivity (Wildman–Crippen MR) is 120 cm³/mol. The molecule has 1 amide bonds. The molecule has 1 aliphatic heterocycles. The van der Waals surface area contributed by atoms with Crippen molar-refractivity contribution in [2.75, 3.05) is 24.9 Å². The van der Waals surface area contributed by atoms with Gasteiger partial charge < -0.3 is 20.1 Å². The first-order chi connectivity index (χ1) is 15.7. The van der Waals surface area contributed by atoms with Gasteiger partial charge in [0.15, 0.2) is 11.7 Å². The van der Waals surface area contributed by atoms with Crippen LogP contribution in [0.15, 0.2) is 53.0 Å². The highest BCUT2D eigenvalue weighted by Crippen LogP contribution is 2.43. The van der Waals surface area contributed by atoms with E-state index in [1.54, 1.807) is 42.5 Å². The van der Waals surface area contributed by atoms with E-state index in [1.165, 1.54) is 20.3 Å². The van der Waals surface area contributed by atoms with E-state index in [1.807, 2.05) is 0 Å². The normalized spacial score (nSPS) is 17.6. The summed E-state index contributed by atoms with van der Waals surface area (Å²) in [4.78, 5) is 12.8. The molecule has 2 N–H and O–H groups in total. The molecule has 2 aromatic carbocycles. The lowest BCUT2D eigenvalue weighted by Gasteiger charge is -2.33. The summed E-state index contributed by atoms with van der Waals surface area (Å²) in [5, 5.41) is 9.68. The van der Waals surface area contributed by atoms with Crippen LogP contribution >= 0.6 is 15.9 Å². The van der Waals surface area contributed by atoms with E-state index in [-0.39, 0.29) is 17.9 Å². The fourth-order valence-corrected chi connectivity index (χ4v) is 3.95. The molecule has 3 aromatic rings.